The minimum atomic E-state index is -0.910. The topological polar surface area (TPSA) is 66.4 Å². The normalized spacial score (nSPS) is 26.2. The average Bonchev–Trinajstić information content (AvgIpc) is 3.14. The van der Waals surface area contributed by atoms with Crippen LogP contribution in [0.1, 0.15) is 45.4 Å². The smallest absolute Gasteiger partial charge is 0.326 e. The van der Waals surface area contributed by atoms with Gasteiger partial charge in [-0.2, -0.15) is 0 Å². The molecule has 2 aliphatic rings. The molecule has 0 aromatic heterocycles. The summed E-state index contributed by atoms with van der Waals surface area (Å²) in [6, 6.07) is -0.691. The van der Waals surface area contributed by atoms with Crippen molar-refractivity contribution < 1.29 is 14.7 Å². The molecular weight excluding hydrogens is 206 g/mol. The average molecular weight is 225 g/mol. The molecule has 0 heterocycles. The third-order valence-electron chi connectivity index (χ3n) is 3.86. The molecule has 16 heavy (non-hydrogen) atoms. The van der Waals surface area contributed by atoms with E-state index in [0.29, 0.717) is 11.8 Å². The molecule has 2 atom stereocenters. The van der Waals surface area contributed by atoms with E-state index in [1.807, 2.05) is 6.92 Å². The van der Waals surface area contributed by atoms with Crippen LogP contribution in [0, 0.1) is 11.3 Å². The van der Waals surface area contributed by atoms with Crippen LogP contribution in [0.25, 0.3) is 0 Å². The molecule has 1 spiro atoms. The summed E-state index contributed by atoms with van der Waals surface area (Å²) in [5.74, 6) is -0.843. The van der Waals surface area contributed by atoms with E-state index in [1.54, 1.807) is 0 Å². The second-order valence-corrected chi connectivity index (χ2v) is 5.16. The highest BCUT2D eigenvalue weighted by molar-refractivity contribution is 5.87. The van der Waals surface area contributed by atoms with Gasteiger partial charge in [-0.05, 0) is 31.1 Å². The van der Waals surface area contributed by atoms with Gasteiger partial charge in [0.15, 0.2) is 0 Å². The summed E-state index contributed by atoms with van der Waals surface area (Å²) in [7, 11) is 0. The number of unbranched alkanes of at least 4 members (excludes halogenated alkanes) is 1. The summed E-state index contributed by atoms with van der Waals surface area (Å²) >= 11 is 0. The van der Waals surface area contributed by atoms with Crippen molar-refractivity contribution in [1.82, 2.24) is 5.32 Å². The molecule has 1 amide bonds. The number of aliphatic carboxylic acids is 1. The summed E-state index contributed by atoms with van der Waals surface area (Å²) in [5, 5.41) is 11.7. The highest BCUT2D eigenvalue weighted by atomic mass is 16.4. The molecule has 2 aliphatic carbocycles. The van der Waals surface area contributed by atoms with Crippen LogP contribution < -0.4 is 5.32 Å². The van der Waals surface area contributed by atoms with Gasteiger partial charge in [0.1, 0.15) is 6.04 Å². The summed E-state index contributed by atoms with van der Waals surface area (Å²) < 4.78 is 0. The molecule has 4 nitrogen and oxygen atoms in total. The molecule has 0 radical (unpaired) electrons. The first kappa shape index (κ1) is 11.4. The molecule has 2 rings (SSSR count). The van der Waals surface area contributed by atoms with Gasteiger partial charge in [-0.15, -0.1) is 0 Å². The van der Waals surface area contributed by atoms with Gasteiger partial charge in [-0.3, -0.25) is 4.79 Å². The second-order valence-electron chi connectivity index (χ2n) is 5.16. The molecular formula is C12H19NO3. The first-order valence-corrected chi connectivity index (χ1v) is 6.12. The minimum absolute atomic E-state index is 0.0407. The first-order valence-electron chi connectivity index (χ1n) is 6.12. The summed E-state index contributed by atoms with van der Waals surface area (Å²) in [6.07, 6.45) is 5.60. The van der Waals surface area contributed by atoms with Crippen molar-refractivity contribution in [3.05, 3.63) is 0 Å². The molecule has 1 unspecified atom stereocenters. The third kappa shape index (κ3) is 2.20. The molecule has 0 saturated heterocycles. The van der Waals surface area contributed by atoms with Crippen LogP contribution in [-0.2, 0) is 9.59 Å². The van der Waals surface area contributed by atoms with Gasteiger partial charge in [-0.1, -0.05) is 19.8 Å². The van der Waals surface area contributed by atoms with Crippen LogP contribution in [0.5, 0.6) is 0 Å². The van der Waals surface area contributed by atoms with Gasteiger partial charge in [-0.25, -0.2) is 4.79 Å². The second kappa shape index (κ2) is 4.07. The van der Waals surface area contributed by atoms with Gasteiger partial charge in [0.2, 0.25) is 5.91 Å². The SMILES string of the molecule is CCCC[C@H](NC(=O)C1CC12CC2)C(=O)O. The predicted octanol–water partition coefficient (Wildman–Crippen LogP) is 1.55. The van der Waals surface area contributed by atoms with Crippen LogP contribution in [-0.4, -0.2) is 23.0 Å². The molecule has 2 fully saturated rings. The molecule has 0 bridgehead atoms. The number of hydrogen-bond acceptors (Lipinski definition) is 2. The first-order chi connectivity index (χ1) is 7.59. The Morgan fingerprint density at radius 2 is 2.19 bits per heavy atom. The lowest BCUT2D eigenvalue weighted by atomic mass is 10.1. The fourth-order valence-electron chi connectivity index (χ4n) is 2.37. The van der Waals surface area contributed by atoms with Crippen LogP contribution in [0.3, 0.4) is 0 Å². The summed E-state index contributed by atoms with van der Waals surface area (Å²) in [6.45, 7) is 2.01. The predicted molar refractivity (Wildman–Crippen MR) is 58.9 cm³/mol. The van der Waals surface area contributed by atoms with Crippen molar-refractivity contribution in [2.45, 2.75) is 51.5 Å². The maximum atomic E-state index is 11.8. The monoisotopic (exact) mass is 225 g/mol. The number of carbonyl (C=O) groups is 2. The third-order valence-corrected chi connectivity index (χ3v) is 3.86. The number of carboxylic acids is 1. The van der Waals surface area contributed by atoms with Gasteiger partial charge in [0, 0.05) is 5.92 Å². The lowest BCUT2D eigenvalue weighted by Gasteiger charge is -2.13. The van der Waals surface area contributed by atoms with E-state index in [1.165, 1.54) is 0 Å². The number of carbonyl (C=O) groups excluding carboxylic acids is 1. The van der Waals surface area contributed by atoms with Crippen molar-refractivity contribution in [3.63, 3.8) is 0 Å². The number of nitrogens with one attached hydrogen (secondary N) is 1. The number of carboxylic acid groups (broad SMARTS) is 1. The van der Waals surface area contributed by atoms with Crippen molar-refractivity contribution >= 4 is 11.9 Å². The van der Waals surface area contributed by atoms with Crippen molar-refractivity contribution in [3.8, 4) is 0 Å². The Balaban J connectivity index is 1.80. The number of rotatable bonds is 6. The molecule has 2 N–H and O–H groups in total. The Morgan fingerprint density at radius 3 is 2.62 bits per heavy atom. The Kier molecular flexibility index (Phi) is 2.91. The lowest BCUT2D eigenvalue weighted by Crippen LogP contribution is -2.41. The van der Waals surface area contributed by atoms with Gasteiger partial charge in [0.05, 0.1) is 0 Å². The fourth-order valence-corrected chi connectivity index (χ4v) is 2.37. The van der Waals surface area contributed by atoms with E-state index in [2.05, 4.69) is 5.32 Å². The van der Waals surface area contributed by atoms with Crippen LogP contribution in [0.15, 0.2) is 0 Å². The minimum Gasteiger partial charge on any atom is -0.480 e. The quantitative estimate of drug-likeness (QED) is 0.720. The maximum Gasteiger partial charge on any atom is 0.326 e. The van der Waals surface area contributed by atoms with Gasteiger partial charge in [0.25, 0.3) is 0 Å². The Bertz CT molecular complexity index is 309. The molecule has 90 valence electrons. The van der Waals surface area contributed by atoms with E-state index < -0.39 is 12.0 Å². The summed E-state index contributed by atoms with van der Waals surface area (Å²) in [5.41, 5.74) is 0.303. The molecule has 0 aromatic rings. The number of amides is 1. The maximum absolute atomic E-state index is 11.8. The molecule has 4 heteroatoms. The van der Waals surface area contributed by atoms with Crippen molar-refractivity contribution in [1.29, 1.82) is 0 Å². The summed E-state index contributed by atoms with van der Waals surface area (Å²) in [4.78, 5) is 22.7. The van der Waals surface area contributed by atoms with E-state index in [4.69, 9.17) is 5.11 Å². The molecule has 2 saturated carbocycles. The Hall–Kier alpha value is -1.06. The zero-order chi connectivity index (χ0) is 11.8. The highest BCUT2D eigenvalue weighted by Gasteiger charge is 2.65. The van der Waals surface area contributed by atoms with Crippen LogP contribution >= 0.6 is 0 Å². The van der Waals surface area contributed by atoms with E-state index in [0.717, 1.165) is 32.1 Å². The van der Waals surface area contributed by atoms with E-state index in [9.17, 15) is 9.59 Å². The van der Waals surface area contributed by atoms with Crippen LogP contribution in [0.2, 0.25) is 0 Å². The lowest BCUT2D eigenvalue weighted by molar-refractivity contribution is -0.142. The largest absolute Gasteiger partial charge is 0.480 e. The van der Waals surface area contributed by atoms with Crippen molar-refractivity contribution in [2.24, 2.45) is 11.3 Å². The van der Waals surface area contributed by atoms with Crippen LogP contribution in [0.4, 0.5) is 0 Å². The highest BCUT2D eigenvalue weighted by Crippen LogP contribution is 2.70. The number of hydrogen-bond donors (Lipinski definition) is 2. The molecule has 0 aliphatic heterocycles. The van der Waals surface area contributed by atoms with E-state index >= 15 is 0 Å². The fraction of sp³-hybridized carbons (Fsp3) is 0.833. The Labute approximate surface area is 95.4 Å². The van der Waals surface area contributed by atoms with E-state index in [-0.39, 0.29) is 11.8 Å². The molecule has 0 aromatic carbocycles. The standard InChI is InChI=1S/C12H19NO3/c1-2-3-4-9(11(15)16)13-10(14)8-7-12(8)5-6-12/h8-9H,2-7H2,1H3,(H,13,14)(H,15,16)/t8?,9-/m0/s1. The van der Waals surface area contributed by atoms with Gasteiger partial charge >= 0.3 is 5.97 Å². The Morgan fingerprint density at radius 1 is 1.50 bits per heavy atom. The van der Waals surface area contributed by atoms with Gasteiger partial charge < -0.3 is 10.4 Å². The zero-order valence-electron chi connectivity index (χ0n) is 9.66. The van der Waals surface area contributed by atoms with Crippen molar-refractivity contribution in [2.75, 3.05) is 0 Å². The zero-order valence-corrected chi connectivity index (χ0v) is 9.66.